The molecule has 4 heteroatoms. The van der Waals surface area contributed by atoms with Crippen LogP contribution in [0.1, 0.15) is 0 Å². The summed E-state index contributed by atoms with van der Waals surface area (Å²) in [6.45, 7) is 0. The molecule has 0 radical (unpaired) electrons. The molecule has 1 aliphatic heterocycles. The van der Waals surface area contributed by atoms with Gasteiger partial charge in [0.25, 0.3) is 0 Å². The van der Waals surface area contributed by atoms with Crippen molar-refractivity contribution in [2.75, 3.05) is 7.05 Å². The largest absolute Gasteiger partial charge is 0.391 e. The summed E-state index contributed by atoms with van der Waals surface area (Å²) >= 11 is 0. The minimum Gasteiger partial charge on any atom is -0.391 e. The second-order valence-electron chi connectivity index (χ2n) is 1.23. The van der Waals surface area contributed by atoms with Crippen LogP contribution in [0.15, 0.2) is 12.5 Å². The molecule has 0 aliphatic carbocycles. The molecule has 2 N–H and O–H groups in total. The highest BCUT2D eigenvalue weighted by atomic mass is 16.7. The molecule has 0 saturated carbocycles. The zero-order valence-corrected chi connectivity index (χ0v) is 4.03. The SMILES string of the molecule is CN1OC=CN1N. The van der Waals surface area contributed by atoms with Crippen LogP contribution in [0.3, 0.4) is 0 Å². The maximum absolute atomic E-state index is 5.23. The Morgan fingerprint density at radius 1 is 1.71 bits per heavy atom. The lowest BCUT2D eigenvalue weighted by Crippen LogP contribution is -2.35. The maximum Gasteiger partial charge on any atom is 0.133 e. The Hall–Kier alpha value is -0.740. The van der Waals surface area contributed by atoms with Crippen LogP contribution in [0, 0.1) is 0 Å². The highest BCUT2D eigenvalue weighted by Gasteiger charge is 2.05. The van der Waals surface area contributed by atoms with Crippen LogP contribution in [0.5, 0.6) is 0 Å². The molecular formula is C3H7N3O. The molecule has 0 atom stereocenters. The quantitative estimate of drug-likeness (QED) is 0.415. The van der Waals surface area contributed by atoms with Gasteiger partial charge in [0.2, 0.25) is 0 Å². The molecule has 0 aromatic rings. The Morgan fingerprint density at radius 2 is 2.43 bits per heavy atom. The Labute approximate surface area is 41.6 Å². The molecule has 4 nitrogen and oxygen atoms in total. The Bertz CT molecular complexity index is 92.2. The fraction of sp³-hybridized carbons (Fsp3) is 0.333. The van der Waals surface area contributed by atoms with Crippen molar-refractivity contribution < 1.29 is 4.84 Å². The van der Waals surface area contributed by atoms with E-state index in [4.69, 9.17) is 10.7 Å². The van der Waals surface area contributed by atoms with E-state index in [1.54, 1.807) is 13.2 Å². The van der Waals surface area contributed by atoms with Crippen molar-refractivity contribution in [3.63, 3.8) is 0 Å². The van der Waals surface area contributed by atoms with Crippen LogP contribution >= 0.6 is 0 Å². The third-order valence-corrected chi connectivity index (χ3v) is 0.752. The van der Waals surface area contributed by atoms with E-state index < -0.39 is 0 Å². The van der Waals surface area contributed by atoms with Gasteiger partial charge in [-0.2, -0.15) is 0 Å². The Morgan fingerprint density at radius 3 is 2.57 bits per heavy atom. The van der Waals surface area contributed by atoms with Crippen LogP contribution in [0.25, 0.3) is 0 Å². The van der Waals surface area contributed by atoms with E-state index in [2.05, 4.69) is 0 Å². The molecule has 0 aromatic carbocycles. The van der Waals surface area contributed by atoms with E-state index in [9.17, 15) is 0 Å². The van der Waals surface area contributed by atoms with E-state index in [0.29, 0.717) is 0 Å². The fourth-order valence-corrected chi connectivity index (χ4v) is 0.326. The van der Waals surface area contributed by atoms with Gasteiger partial charge < -0.3 is 4.84 Å². The van der Waals surface area contributed by atoms with Crippen molar-refractivity contribution in [3.8, 4) is 0 Å². The molecule has 0 unspecified atom stereocenters. The molecule has 40 valence electrons. The molecule has 0 saturated heterocycles. The average Bonchev–Trinajstić information content (AvgIpc) is 1.91. The summed E-state index contributed by atoms with van der Waals surface area (Å²) in [5.41, 5.74) is 0. The molecule has 0 aromatic heterocycles. The zero-order valence-electron chi connectivity index (χ0n) is 4.03. The number of nitrogens with zero attached hydrogens (tertiary/aromatic N) is 2. The molecule has 1 rings (SSSR count). The van der Waals surface area contributed by atoms with Gasteiger partial charge in [0.1, 0.15) is 6.26 Å². The molecule has 0 amide bonds. The number of hydrazine groups is 2. The smallest absolute Gasteiger partial charge is 0.133 e. The first-order valence-electron chi connectivity index (χ1n) is 1.92. The van der Waals surface area contributed by atoms with Crippen molar-refractivity contribution in [1.29, 1.82) is 0 Å². The molecule has 0 fully saturated rings. The van der Waals surface area contributed by atoms with Crippen molar-refractivity contribution in [1.82, 2.24) is 10.3 Å². The van der Waals surface area contributed by atoms with E-state index in [1.807, 2.05) is 0 Å². The van der Waals surface area contributed by atoms with E-state index in [1.165, 1.54) is 16.6 Å². The third kappa shape index (κ3) is 0.652. The minimum atomic E-state index is 1.33. The number of nitrogens with two attached hydrogens (primary N) is 1. The normalized spacial score (nSPS) is 20.6. The van der Waals surface area contributed by atoms with Gasteiger partial charge in [-0.25, -0.2) is 11.0 Å². The molecule has 0 bridgehead atoms. The van der Waals surface area contributed by atoms with Gasteiger partial charge in [0.05, 0.1) is 6.20 Å². The fourth-order valence-electron chi connectivity index (χ4n) is 0.326. The predicted molar refractivity (Wildman–Crippen MR) is 24.0 cm³/mol. The summed E-state index contributed by atoms with van der Waals surface area (Å²) in [6.07, 6.45) is 3.11. The van der Waals surface area contributed by atoms with Gasteiger partial charge in [-0.15, -0.1) is 0 Å². The van der Waals surface area contributed by atoms with Gasteiger partial charge in [-0.3, -0.25) is 0 Å². The maximum atomic E-state index is 5.23. The topological polar surface area (TPSA) is 41.7 Å². The number of hydroxylamine groups is 1. The minimum absolute atomic E-state index is 1.33. The van der Waals surface area contributed by atoms with Gasteiger partial charge in [0.15, 0.2) is 0 Å². The monoisotopic (exact) mass is 101 g/mol. The molecule has 0 spiro atoms. The van der Waals surface area contributed by atoms with Crippen LogP contribution in [0.2, 0.25) is 0 Å². The van der Waals surface area contributed by atoms with Crippen LogP contribution in [0.4, 0.5) is 0 Å². The molecule has 7 heavy (non-hydrogen) atoms. The van der Waals surface area contributed by atoms with Crippen LogP contribution in [-0.4, -0.2) is 17.3 Å². The van der Waals surface area contributed by atoms with E-state index in [-0.39, 0.29) is 0 Å². The van der Waals surface area contributed by atoms with Crippen LogP contribution < -0.4 is 5.84 Å². The van der Waals surface area contributed by atoms with Gasteiger partial charge >= 0.3 is 0 Å². The van der Waals surface area contributed by atoms with Crippen molar-refractivity contribution in [2.45, 2.75) is 0 Å². The first-order valence-corrected chi connectivity index (χ1v) is 1.92. The first-order chi connectivity index (χ1) is 3.30. The van der Waals surface area contributed by atoms with Crippen molar-refractivity contribution in [2.24, 2.45) is 5.84 Å². The first kappa shape index (κ1) is 4.42. The van der Waals surface area contributed by atoms with E-state index >= 15 is 0 Å². The summed E-state index contributed by atoms with van der Waals surface area (Å²) in [5, 5.41) is 2.74. The highest BCUT2D eigenvalue weighted by Crippen LogP contribution is 1.97. The molecule has 1 aliphatic rings. The lowest BCUT2D eigenvalue weighted by Gasteiger charge is -2.15. The lowest BCUT2D eigenvalue weighted by atomic mass is 11.0. The third-order valence-electron chi connectivity index (χ3n) is 0.752. The summed E-state index contributed by atoms with van der Waals surface area (Å²) in [4.78, 5) is 4.72. The molecular weight excluding hydrogens is 94.1 g/mol. The van der Waals surface area contributed by atoms with Gasteiger partial charge in [0, 0.05) is 7.05 Å². The predicted octanol–water partition coefficient (Wildman–Crippen LogP) is -0.575. The second-order valence-corrected chi connectivity index (χ2v) is 1.23. The standard InChI is InChI=1S/C3H7N3O/c1-5-6(4)2-3-7-5/h2-3H,4H2,1H3. The number of hydrogen-bond donors (Lipinski definition) is 1. The number of hydrogen-bond acceptors (Lipinski definition) is 4. The lowest BCUT2D eigenvalue weighted by molar-refractivity contribution is -0.184. The van der Waals surface area contributed by atoms with Gasteiger partial charge in [-0.05, 0) is 5.17 Å². The second kappa shape index (κ2) is 1.40. The van der Waals surface area contributed by atoms with Crippen molar-refractivity contribution in [3.05, 3.63) is 12.5 Å². The number of rotatable bonds is 0. The Balaban J connectivity index is 2.45. The van der Waals surface area contributed by atoms with E-state index in [0.717, 1.165) is 0 Å². The zero-order chi connectivity index (χ0) is 5.28. The average molecular weight is 101 g/mol. The molecule has 1 heterocycles. The van der Waals surface area contributed by atoms with Gasteiger partial charge in [-0.1, -0.05) is 0 Å². The summed E-state index contributed by atoms with van der Waals surface area (Å²) in [5.74, 6) is 5.23. The summed E-state index contributed by atoms with van der Waals surface area (Å²) < 4.78 is 0. The van der Waals surface area contributed by atoms with Crippen LogP contribution in [-0.2, 0) is 4.84 Å². The van der Waals surface area contributed by atoms with Crippen molar-refractivity contribution >= 4 is 0 Å². The Kier molecular flexibility index (Phi) is 0.883. The highest BCUT2D eigenvalue weighted by molar-refractivity contribution is 4.71. The summed E-state index contributed by atoms with van der Waals surface area (Å²) in [7, 11) is 1.71. The summed E-state index contributed by atoms with van der Waals surface area (Å²) in [6, 6.07) is 0.